The van der Waals surface area contributed by atoms with Gasteiger partial charge in [0.1, 0.15) is 24.3 Å². The number of nitrogens with one attached hydrogen (secondary N) is 2. The number of ether oxygens (including phenoxy) is 2. The fraction of sp³-hybridized carbons (Fsp3) is 0.255. The van der Waals surface area contributed by atoms with E-state index in [9.17, 15) is 9.90 Å². The van der Waals surface area contributed by atoms with Gasteiger partial charge in [0.15, 0.2) is 0 Å². The van der Waals surface area contributed by atoms with Crippen LogP contribution in [0, 0.1) is 0 Å². The van der Waals surface area contributed by atoms with Crippen molar-refractivity contribution in [1.82, 2.24) is 44.2 Å². The normalized spacial score (nSPS) is 12.2. The van der Waals surface area contributed by atoms with Crippen LogP contribution in [0.15, 0.2) is 122 Å². The lowest BCUT2D eigenvalue weighted by molar-refractivity contribution is -0.00803. The number of rotatable bonds is 17. The zero-order valence-corrected chi connectivity index (χ0v) is 34.7. The molecule has 13 heteroatoms. The molecule has 13 nitrogen and oxygen atoms in total. The number of H-pyrrole nitrogens is 2. The van der Waals surface area contributed by atoms with Gasteiger partial charge in [0.2, 0.25) is 0 Å². The topological polar surface area (TPSA) is 133 Å². The van der Waals surface area contributed by atoms with Gasteiger partial charge < -0.3 is 33.5 Å². The molecule has 1 unspecified atom stereocenters. The van der Waals surface area contributed by atoms with Crippen molar-refractivity contribution in [2.24, 2.45) is 14.1 Å². The van der Waals surface area contributed by atoms with Crippen molar-refractivity contribution in [3.63, 3.8) is 0 Å². The molecule has 0 aliphatic rings. The molecule has 0 aliphatic carbocycles. The molecule has 3 N–H and O–H groups in total. The van der Waals surface area contributed by atoms with Gasteiger partial charge in [-0.2, -0.15) is 10.2 Å². The van der Waals surface area contributed by atoms with Gasteiger partial charge in [-0.1, -0.05) is 48.5 Å². The number of carbonyl (C=O) groups is 1. The Morgan fingerprint density at radius 1 is 0.733 bits per heavy atom. The molecule has 1 atom stereocenters. The number of likely N-dealkylation sites (N-methyl/N-ethyl adjacent to an activating group) is 1. The number of benzene rings is 4. The van der Waals surface area contributed by atoms with Crippen LogP contribution in [0.2, 0.25) is 0 Å². The smallest absolute Gasteiger partial charge is 0.256 e. The van der Waals surface area contributed by atoms with Crippen LogP contribution in [0.5, 0.6) is 11.5 Å². The Kier molecular flexibility index (Phi) is 11.8. The molecule has 4 heterocycles. The van der Waals surface area contributed by atoms with E-state index in [2.05, 4.69) is 72.1 Å². The predicted molar refractivity (Wildman–Crippen MR) is 235 cm³/mol. The van der Waals surface area contributed by atoms with Gasteiger partial charge >= 0.3 is 0 Å². The highest BCUT2D eigenvalue weighted by Crippen LogP contribution is 2.33. The van der Waals surface area contributed by atoms with E-state index in [1.54, 1.807) is 18.2 Å². The lowest BCUT2D eigenvalue weighted by atomic mass is 10.0. The van der Waals surface area contributed by atoms with Gasteiger partial charge in [-0.05, 0) is 65.7 Å². The molecule has 0 saturated carbocycles. The number of hydrogen-bond donors (Lipinski definition) is 3. The number of aromatic nitrogens is 6. The number of aromatic amines is 2. The molecule has 1 amide bonds. The summed E-state index contributed by atoms with van der Waals surface area (Å²) in [6.45, 7) is 3.44. The minimum atomic E-state index is -0.849. The summed E-state index contributed by atoms with van der Waals surface area (Å²) in [4.78, 5) is 19.8. The number of amides is 1. The lowest BCUT2D eigenvalue weighted by Crippen LogP contribution is -2.37. The lowest BCUT2D eigenvalue weighted by Gasteiger charge is -2.30. The molecule has 0 fully saturated rings. The van der Waals surface area contributed by atoms with Crippen LogP contribution in [0.25, 0.3) is 44.1 Å². The number of nitrogens with zero attached hydrogens (tertiary/aromatic N) is 7. The maximum atomic E-state index is 13.7. The maximum absolute atomic E-state index is 13.7. The zero-order chi connectivity index (χ0) is 41.8. The number of aliphatic hydroxyl groups is 1. The minimum Gasteiger partial charge on any atom is -0.497 e. The van der Waals surface area contributed by atoms with E-state index < -0.39 is 6.23 Å². The Morgan fingerprint density at radius 2 is 1.35 bits per heavy atom. The van der Waals surface area contributed by atoms with Gasteiger partial charge in [0, 0.05) is 117 Å². The Bertz CT molecular complexity index is 2700. The van der Waals surface area contributed by atoms with E-state index in [4.69, 9.17) is 9.47 Å². The zero-order valence-electron chi connectivity index (χ0n) is 34.7. The second kappa shape index (κ2) is 17.7. The fourth-order valence-electron chi connectivity index (χ4n) is 7.86. The molecule has 4 aromatic heterocycles. The summed E-state index contributed by atoms with van der Waals surface area (Å²) < 4.78 is 15.8. The van der Waals surface area contributed by atoms with Gasteiger partial charge in [-0.3, -0.25) is 19.9 Å². The molecule has 4 aromatic carbocycles. The van der Waals surface area contributed by atoms with E-state index in [0.717, 1.165) is 72.2 Å². The first-order valence-corrected chi connectivity index (χ1v) is 20.0. The van der Waals surface area contributed by atoms with Crippen LogP contribution in [0.1, 0.15) is 33.3 Å². The Labute approximate surface area is 349 Å². The van der Waals surface area contributed by atoms with E-state index in [-0.39, 0.29) is 5.91 Å². The Hall–Kier alpha value is -6.67. The van der Waals surface area contributed by atoms with Crippen LogP contribution >= 0.6 is 0 Å². The second-order valence-electron chi connectivity index (χ2n) is 15.4. The summed E-state index contributed by atoms with van der Waals surface area (Å²) in [6.07, 6.45) is 10.4. The van der Waals surface area contributed by atoms with Gasteiger partial charge in [0.05, 0.1) is 25.1 Å². The molecule has 0 radical (unpaired) electrons. The number of methoxy groups -OCH3 is 1. The monoisotopic (exact) mass is 805 g/mol. The van der Waals surface area contributed by atoms with Gasteiger partial charge in [-0.15, -0.1) is 0 Å². The molecule has 8 aromatic rings. The molecular formula is C47H51N9O4. The molecule has 0 bridgehead atoms. The van der Waals surface area contributed by atoms with Crippen molar-refractivity contribution in [1.29, 1.82) is 0 Å². The van der Waals surface area contributed by atoms with Crippen molar-refractivity contribution in [3.05, 3.63) is 144 Å². The standard InChI is InChI=1S/C47H51N9O4/c1-52(16-17-56(29-33-9-6-10-38(20-33)59-5)47(58)43-31-54(3)45-23-35(13-15-41(43)45)37-26-50-51-27-37)18-19-60-39-11-7-8-32(21-39)28-55(4)46(57)42-30-53(2)44-22-34(12-14-40(42)44)36-24-48-49-25-36/h6-15,20-27,30-31,47,58H,16-19,28-29H2,1-5H3,(H,48,49)(H,50,51). The predicted octanol–water partition coefficient (Wildman–Crippen LogP) is 7.23. The third-order valence-electron chi connectivity index (χ3n) is 11.2. The summed E-state index contributed by atoms with van der Waals surface area (Å²) in [5.41, 5.74) is 9.66. The van der Waals surface area contributed by atoms with Gasteiger partial charge in [0.25, 0.3) is 5.91 Å². The first-order chi connectivity index (χ1) is 29.1. The minimum absolute atomic E-state index is 0.0462. The van der Waals surface area contributed by atoms with Crippen molar-refractivity contribution >= 4 is 27.7 Å². The highest BCUT2D eigenvalue weighted by atomic mass is 16.5. The van der Waals surface area contributed by atoms with Gasteiger partial charge in [-0.25, -0.2) is 0 Å². The van der Waals surface area contributed by atoms with Crippen LogP contribution in [0.4, 0.5) is 0 Å². The molecule has 308 valence electrons. The summed E-state index contributed by atoms with van der Waals surface area (Å²) >= 11 is 0. The Balaban J connectivity index is 0.889. The van der Waals surface area contributed by atoms with Crippen LogP contribution in [-0.2, 0) is 27.2 Å². The van der Waals surface area contributed by atoms with Crippen molar-refractivity contribution in [3.8, 4) is 33.8 Å². The van der Waals surface area contributed by atoms with Crippen LogP contribution < -0.4 is 9.47 Å². The van der Waals surface area contributed by atoms with Crippen LogP contribution in [-0.4, -0.2) is 103 Å². The quantitative estimate of drug-likeness (QED) is 0.0822. The van der Waals surface area contributed by atoms with Crippen molar-refractivity contribution < 1.29 is 19.4 Å². The van der Waals surface area contributed by atoms with Crippen LogP contribution in [0.3, 0.4) is 0 Å². The van der Waals surface area contributed by atoms with E-state index in [1.165, 1.54) is 0 Å². The highest BCUT2D eigenvalue weighted by Gasteiger charge is 2.24. The summed E-state index contributed by atoms with van der Waals surface area (Å²) in [5, 5.41) is 27.9. The fourth-order valence-corrected chi connectivity index (χ4v) is 7.86. The molecule has 0 spiro atoms. The molecule has 0 aliphatic heterocycles. The molecular weight excluding hydrogens is 755 g/mol. The average molecular weight is 806 g/mol. The van der Waals surface area contributed by atoms with E-state index in [0.29, 0.717) is 44.9 Å². The third kappa shape index (κ3) is 8.69. The summed E-state index contributed by atoms with van der Waals surface area (Å²) in [6, 6.07) is 28.3. The Morgan fingerprint density at radius 3 is 2.02 bits per heavy atom. The first-order valence-electron chi connectivity index (χ1n) is 20.0. The highest BCUT2D eigenvalue weighted by molar-refractivity contribution is 6.07. The first kappa shape index (κ1) is 40.1. The molecule has 60 heavy (non-hydrogen) atoms. The SMILES string of the molecule is COc1cccc(CN(CCN(C)CCOc2cccc(CN(C)C(=O)c3cn(C)c4cc(-c5cn[nH]c5)ccc34)c2)C(O)c2cn(C)c3cc(-c4cn[nH]c4)ccc23)c1. The summed E-state index contributed by atoms with van der Waals surface area (Å²) in [5.74, 6) is 1.48. The number of aliphatic hydroxyl groups excluding tert-OH is 1. The molecule has 8 rings (SSSR count). The number of carbonyl (C=O) groups excluding carboxylic acids is 1. The van der Waals surface area contributed by atoms with Crippen molar-refractivity contribution in [2.75, 3.05) is 47.4 Å². The van der Waals surface area contributed by atoms with E-state index >= 15 is 0 Å². The largest absolute Gasteiger partial charge is 0.497 e. The molecule has 0 saturated heterocycles. The number of aryl methyl sites for hydroxylation is 2. The third-order valence-corrected chi connectivity index (χ3v) is 11.2. The van der Waals surface area contributed by atoms with Crippen molar-refractivity contribution in [2.45, 2.75) is 19.3 Å². The second-order valence-corrected chi connectivity index (χ2v) is 15.4. The summed E-state index contributed by atoms with van der Waals surface area (Å²) in [7, 11) is 9.54. The number of hydrogen-bond acceptors (Lipinski definition) is 8. The van der Waals surface area contributed by atoms with E-state index in [1.807, 2.05) is 111 Å². The number of fused-ring (bicyclic) bond motifs is 2. The average Bonchev–Trinajstić information content (AvgIpc) is 4.10. The maximum Gasteiger partial charge on any atom is 0.256 e.